The number of carbonyl (C=O) groups excluding carboxylic acids is 1. The molecule has 0 atom stereocenters. The van der Waals surface area contributed by atoms with Crippen molar-refractivity contribution in [3.05, 3.63) is 65.5 Å². The monoisotopic (exact) mass is 276 g/mol. The van der Waals surface area contributed by atoms with Gasteiger partial charge in [-0.1, -0.05) is 30.3 Å². The molecule has 2 aromatic carbocycles. The van der Waals surface area contributed by atoms with Gasteiger partial charge >= 0.3 is 0 Å². The number of ketones is 1. The fourth-order valence-electron chi connectivity index (χ4n) is 1.76. The molecule has 0 radical (unpaired) electrons. The summed E-state index contributed by atoms with van der Waals surface area (Å²) in [6.45, 7) is -0.498. The molecule has 0 saturated heterocycles. The lowest BCUT2D eigenvalue weighted by molar-refractivity contribution is 0.0973. The largest absolute Gasteiger partial charge is 0.486 e. The minimum atomic E-state index is -0.743. The van der Waals surface area contributed by atoms with Crippen LogP contribution in [0.5, 0.6) is 5.75 Å². The highest BCUT2D eigenvalue weighted by atomic mass is 19.1. The first-order valence-corrected chi connectivity index (χ1v) is 6.26. The molecule has 0 spiro atoms. The maximum Gasteiger partial charge on any atom is 0.165 e. The molecule has 0 aliphatic carbocycles. The molecule has 104 valence electrons. The summed E-state index contributed by atoms with van der Waals surface area (Å²) in [5, 5.41) is 0. The summed E-state index contributed by atoms with van der Waals surface area (Å²) in [4.78, 5) is 11.4. The highest BCUT2D eigenvalue weighted by Gasteiger charge is 2.10. The lowest BCUT2D eigenvalue weighted by atomic mass is 10.1. The topological polar surface area (TPSA) is 26.3 Å². The highest BCUT2D eigenvalue weighted by Crippen LogP contribution is 2.20. The van der Waals surface area contributed by atoms with Gasteiger partial charge in [0.1, 0.15) is 6.61 Å². The Morgan fingerprint density at radius 2 is 1.85 bits per heavy atom. The minimum absolute atomic E-state index is 0.0747. The molecular weight excluding hydrogens is 262 g/mol. The lowest BCUT2D eigenvalue weighted by Gasteiger charge is -2.08. The number of hydrogen-bond acceptors (Lipinski definition) is 2. The summed E-state index contributed by atoms with van der Waals surface area (Å²) in [6, 6.07) is 13.3. The van der Waals surface area contributed by atoms with Crippen molar-refractivity contribution in [2.75, 3.05) is 6.67 Å². The van der Waals surface area contributed by atoms with E-state index in [0.29, 0.717) is 0 Å². The van der Waals surface area contributed by atoms with Gasteiger partial charge in [-0.25, -0.2) is 4.39 Å². The quantitative estimate of drug-likeness (QED) is 0.747. The zero-order valence-corrected chi connectivity index (χ0v) is 10.8. The second-order valence-electron chi connectivity index (χ2n) is 4.28. The molecule has 0 aliphatic rings. The van der Waals surface area contributed by atoms with E-state index < -0.39 is 18.3 Å². The predicted molar refractivity (Wildman–Crippen MR) is 72.1 cm³/mol. The van der Waals surface area contributed by atoms with Crippen LogP contribution in [-0.4, -0.2) is 12.5 Å². The molecule has 0 aromatic heterocycles. The second-order valence-corrected chi connectivity index (χ2v) is 4.28. The van der Waals surface area contributed by atoms with E-state index in [0.717, 1.165) is 11.6 Å². The van der Waals surface area contributed by atoms with Crippen LogP contribution in [-0.2, 0) is 6.61 Å². The van der Waals surface area contributed by atoms with Gasteiger partial charge in [0.15, 0.2) is 17.3 Å². The maximum absolute atomic E-state index is 13.8. The summed E-state index contributed by atoms with van der Waals surface area (Å²) in [5.41, 5.74) is 1.08. The Balaban J connectivity index is 2.04. The van der Waals surface area contributed by atoms with Gasteiger partial charge in [0.25, 0.3) is 0 Å². The molecule has 2 nitrogen and oxygen atoms in total. The summed E-state index contributed by atoms with van der Waals surface area (Å²) < 4.78 is 31.2. The highest BCUT2D eigenvalue weighted by molar-refractivity contribution is 5.96. The van der Waals surface area contributed by atoms with Crippen LogP contribution in [0.15, 0.2) is 48.5 Å². The van der Waals surface area contributed by atoms with E-state index in [1.165, 1.54) is 12.1 Å². The van der Waals surface area contributed by atoms with Gasteiger partial charge < -0.3 is 4.74 Å². The molecule has 0 saturated carbocycles. The van der Waals surface area contributed by atoms with Gasteiger partial charge in [-0.15, -0.1) is 0 Å². The number of alkyl halides is 1. The van der Waals surface area contributed by atoms with Crippen LogP contribution >= 0.6 is 0 Å². The van der Waals surface area contributed by atoms with E-state index in [9.17, 15) is 13.6 Å². The third-order valence-corrected chi connectivity index (χ3v) is 2.81. The fourth-order valence-corrected chi connectivity index (χ4v) is 1.76. The van der Waals surface area contributed by atoms with Crippen LogP contribution in [0.25, 0.3) is 0 Å². The minimum Gasteiger partial charge on any atom is -0.486 e. The number of rotatable bonds is 6. The number of carbonyl (C=O) groups is 1. The number of benzene rings is 2. The smallest absolute Gasteiger partial charge is 0.165 e. The van der Waals surface area contributed by atoms with Gasteiger partial charge in [-0.2, -0.15) is 0 Å². The van der Waals surface area contributed by atoms with E-state index in [2.05, 4.69) is 0 Å². The molecule has 2 aromatic rings. The van der Waals surface area contributed by atoms with Crippen LogP contribution in [0.1, 0.15) is 22.3 Å². The van der Waals surface area contributed by atoms with Crippen LogP contribution in [0.2, 0.25) is 0 Å². The van der Waals surface area contributed by atoms with Crippen molar-refractivity contribution < 1.29 is 18.3 Å². The molecule has 0 amide bonds. The first kappa shape index (κ1) is 14.2. The second kappa shape index (κ2) is 6.80. The van der Waals surface area contributed by atoms with Crippen molar-refractivity contribution >= 4 is 5.78 Å². The van der Waals surface area contributed by atoms with E-state index in [1.54, 1.807) is 0 Å². The molecule has 4 heteroatoms. The zero-order chi connectivity index (χ0) is 14.4. The Kier molecular flexibility index (Phi) is 4.82. The van der Waals surface area contributed by atoms with Gasteiger partial charge in [0.2, 0.25) is 0 Å². The zero-order valence-electron chi connectivity index (χ0n) is 10.8. The average molecular weight is 276 g/mol. The standard InChI is InChI=1S/C16H14F2O2/c17-9-8-15(19)13-6-7-16(14(18)10-13)20-11-12-4-2-1-3-5-12/h1-7,10H,8-9,11H2. The third kappa shape index (κ3) is 3.63. The Bertz CT molecular complexity index is 582. The van der Waals surface area contributed by atoms with Crippen LogP contribution in [0.4, 0.5) is 8.78 Å². The summed E-state index contributed by atoms with van der Waals surface area (Å²) in [5.74, 6) is -0.961. The number of ether oxygens (including phenoxy) is 1. The molecular formula is C16H14F2O2. The van der Waals surface area contributed by atoms with E-state index in [1.807, 2.05) is 30.3 Å². The summed E-state index contributed by atoms with van der Waals surface area (Å²) in [6.07, 6.45) is -0.232. The van der Waals surface area contributed by atoms with Crippen molar-refractivity contribution in [3.8, 4) is 5.75 Å². The molecule has 0 heterocycles. The van der Waals surface area contributed by atoms with Crippen molar-refractivity contribution in [1.82, 2.24) is 0 Å². The molecule has 0 fully saturated rings. The number of hydrogen-bond donors (Lipinski definition) is 0. The van der Waals surface area contributed by atoms with Crippen molar-refractivity contribution in [1.29, 1.82) is 0 Å². The Labute approximate surface area is 116 Å². The lowest BCUT2D eigenvalue weighted by Crippen LogP contribution is -2.02. The molecule has 0 bridgehead atoms. The number of halogens is 2. The van der Waals surface area contributed by atoms with E-state index >= 15 is 0 Å². The van der Waals surface area contributed by atoms with Gasteiger partial charge in [0, 0.05) is 12.0 Å². The Morgan fingerprint density at radius 1 is 1.10 bits per heavy atom. The Hall–Kier alpha value is -2.23. The van der Waals surface area contributed by atoms with E-state index in [4.69, 9.17) is 4.74 Å². The molecule has 20 heavy (non-hydrogen) atoms. The van der Waals surface area contributed by atoms with Crippen LogP contribution in [0, 0.1) is 5.82 Å². The molecule has 0 unspecified atom stereocenters. The predicted octanol–water partition coefficient (Wildman–Crippen LogP) is 3.95. The molecule has 0 N–H and O–H groups in total. The van der Waals surface area contributed by atoms with Gasteiger partial charge in [0.05, 0.1) is 6.67 Å². The van der Waals surface area contributed by atoms with Crippen LogP contribution in [0.3, 0.4) is 0 Å². The SMILES string of the molecule is O=C(CCF)c1ccc(OCc2ccccc2)c(F)c1. The van der Waals surface area contributed by atoms with Crippen molar-refractivity contribution in [2.45, 2.75) is 13.0 Å². The van der Waals surface area contributed by atoms with Crippen molar-refractivity contribution in [3.63, 3.8) is 0 Å². The third-order valence-electron chi connectivity index (χ3n) is 2.81. The summed E-state index contributed by atoms with van der Waals surface area (Å²) in [7, 11) is 0. The fraction of sp³-hybridized carbons (Fsp3) is 0.188. The van der Waals surface area contributed by atoms with E-state index in [-0.39, 0.29) is 24.3 Å². The van der Waals surface area contributed by atoms with Gasteiger partial charge in [-0.3, -0.25) is 9.18 Å². The first-order chi connectivity index (χ1) is 9.70. The summed E-state index contributed by atoms with van der Waals surface area (Å²) >= 11 is 0. The van der Waals surface area contributed by atoms with Gasteiger partial charge in [-0.05, 0) is 23.8 Å². The Morgan fingerprint density at radius 3 is 2.50 bits per heavy atom. The van der Waals surface area contributed by atoms with Crippen LogP contribution < -0.4 is 4.74 Å². The first-order valence-electron chi connectivity index (χ1n) is 6.26. The maximum atomic E-state index is 13.8. The molecule has 2 rings (SSSR count). The molecule has 0 aliphatic heterocycles. The number of Topliss-reactive ketones (excluding diaryl/α,β-unsaturated/α-hetero) is 1. The normalized spacial score (nSPS) is 10.3. The average Bonchev–Trinajstić information content (AvgIpc) is 2.47. The van der Waals surface area contributed by atoms with Crippen molar-refractivity contribution in [2.24, 2.45) is 0 Å².